The van der Waals surface area contributed by atoms with Crippen LogP contribution in [0.3, 0.4) is 0 Å². The van der Waals surface area contributed by atoms with Gasteiger partial charge in [-0.15, -0.1) is 0 Å². The average molecular weight is 401 g/mol. The van der Waals surface area contributed by atoms with Gasteiger partial charge in [-0.1, -0.05) is 18.2 Å². The van der Waals surface area contributed by atoms with Crippen LogP contribution in [-0.4, -0.2) is 32.1 Å². The van der Waals surface area contributed by atoms with E-state index in [1.54, 1.807) is 6.20 Å². The predicted molar refractivity (Wildman–Crippen MR) is 122 cm³/mol. The van der Waals surface area contributed by atoms with E-state index in [-0.39, 0.29) is 11.1 Å². The van der Waals surface area contributed by atoms with E-state index in [1.807, 2.05) is 36.5 Å². The number of piperidine rings is 1. The lowest BCUT2D eigenvalue weighted by molar-refractivity contribution is 0.170. The summed E-state index contributed by atoms with van der Waals surface area (Å²) in [6.45, 7) is 8.96. The number of nitrogens with zero attached hydrogens (tertiary/aromatic N) is 3. The van der Waals surface area contributed by atoms with Gasteiger partial charge in [0.25, 0.3) is 0 Å². The Balaban J connectivity index is 1.63. The zero-order chi connectivity index (χ0) is 21.4. The van der Waals surface area contributed by atoms with Crippen molar-refractivity contribution in [3.63, 3.8) is 0 Å². The van der Waals surface area contributed by atoms with E-state index in [0.717, 1.165) is 40.6 Å². The minimum absolute atomic E-state index is 0.0568. The highest BCUT2D eigenvalue weighted by Crippen LogP contribution is 2.32. The van der Waals surface area contributed by atoms with Gasteiger partial charge in [0.2, 0.25) is 5.95 Å². The molecule has 30 heavy (non-hydrogen) atoms. The third-order valence-corrected chi connectivity index (χ3v) is 5.54. The summed E-state index contributed by atoms with van der Waals surface area (Å²) in [4.78, 5) is 12.6. The Morgan fingerprint density at radius 2 is 1.93 bits per heavy atom. The molecule has 1 saturated heterocycles. The van der Waals surface area contributed by atoms with Crippen LogP contribution in [0.25, 0.3) is 28.2 Å². The number of fused-ring (bicyclic) bond motifs is 1. The Bertz CT molecular complexity index is 1120. The second-order valence-electron chi connectivity index (χ2n) is 9.34. The molecule has 6 nitrogen and oxygen atoms in total. The number of nitrogens with one attached hydrogen (secondary N) is 3. The largest absolute Gasteiger partial charge is 0.360 e. The molecule has 1 aliphatic rings. The third-order valence-electron chi connectivity index (χ3n) is 5.54. The molecule has 0 atom stereocenters. The van der Waals surface area contributed by atoms with Crippen molar-refractivity contribution < 1.29 is 0 Å². The topological polar surface area (TPSA) is 89.4 Å². The molecule has 0 spiro atoms. The molecule has 3 heterocycles. The van der Waals surface area contributed by atoms with Gasteiger partial charge in [-0.3, -0.25) is 0 Å². The Labute approximate surface area is 177 Å². The molecule has 3 aromatic rings. The van der Waals surface area contributed by atoms with Crippen molar-refractivity contribution in [1.29, 1.82) is 5.26 Å². The molecule has 0 amide bonds. The zero-order valence-electron chi connectivity index (χ0n) is 18.0. The summed E-state index contributed by atoms with van der Waals surface area (Å²) < 4.78 is 0. The summed E-state index contributed by atoms with van der Waals surface area (Å²) >= 11 is 0. The molecule has 0 bridgehead atoms. The standard InChI is InChI=1S/C24H28N6/c1-23(2)13-17(14-24(3,4)30-23)28-22-26-12-10-20(29-22)19-15-27-21-16(8-6-11-25)7-5-9-18(19)21/h5-10,12,15,17,27,30H,13-14H2,1-4H3,(H,26,28,29). The van der Waals surface area contributed by atoms with E-state index >= 15 is 0 Å². The van der Waals surface area contributed by atoms with E-state index in [2.05, 4.69) is 54.4 Å². The quantitative estimate of drug-likeness (QED) is 0.543. The summed E-state index contributed by atoms with van der Waals surface area (Å²) in [5, 5.41) is 17.2. The first-order chi connectivity index (χ1) is 14.3. The summed E-state index contributed by atoms with van der Waals surface area (Å²) in [6.07, 6.45) is 9.09. The van der Waals surface area contributed by atoms with Crippen LogP contribution in [0, 0.1) is 11.3 Å². The van der Waals surface area contributed by atoms with Crippen molar-refractivity contribution in [2.45, 2.75) is 57.7 Å². The van der Waals surface area contributed by atoms with E-state index in [0.29, 0.717) is 12.0 Å². The lowest BCUT2D eigenvalue weighted by atomic mass is 9.80. The number of para-hydroxylation sites is 1. The molecule has 0 saturated carbocycles. The number of allylic oxidation sites excluding steroid dienone is 1. The molecule has 3 N–H and O–H groups in total. The number of benzene rings is 1. The fourth-order valence-electron chi connectivity index (χ4n) is 4.84. The van der Waals surface area contributed by atoms with Crippen molar-refractivity contribution in [3.05, 3.63) is 48.3 Å². The molecule has 2 aromatic heterocycles. The molecule has 1 fully saturated rings. The second kappa shape index (κ2) is 7.58. The molecule has 0 radical (unpaired) electrons. The first-order valence-corrected chi connectivity index (χ1v) is 10.3. The van der Waals surface area contributed by atoms with Crippen LogP contribution in [-0.2, 0) is 0 Å². The Morgan fingerprint density at radius 1 is 1.17 bits per heavy atom. The summed E-state index contributed by atoms with van der Waals surface area (Å²) in [5.74, 6) is 0.654. The number of nitriles is 1. The fourth-order valence-corrected chi connectivity index (χ4v) is 4.84. The Hall–Kier alpha value is -3.17. The highest BCUT2D eigenvalue weighted by Gasteiger charge is 2.37. The van der Waals surface area contributed by atoms with Crippen molar-refractivity contribution in [1.82, 2.24) is 20.3 Å². The first kappa shape index (κ1) is 20.1. The normalized spacial score (nSPS) is 18.5. The van der Waals surface area contributed by atoms with E-state index in [4.69, 9.17) is 10.2 Å². The summed E-state index contributed by atoms with van der Waals surface area (Å²) in [7, 11) is 0. The number of hydrogen-bond acceptors (Lipinski definition) is 5. The number of H-pyrrole nitrogens is 1. The molecular formula is C24H28N6. The maximum atomic E-state index is 8.84. The maximum Gasteiger partial charge on any atom is 0.223 e. The van der Waals surface area contributed by atoms with Crippen molar-refractivity contribution >= 4 is 22.9 Å². The van der Waals surface area contributed by atoms with Gasteiger partial charge in [0, 0.05) is 46.5 Å². The van der Waals surface area contributed by atoms with Crippen LogP contribution in [0.1, 0.15) is 46.1 Å². The number of aromatic amines is 1. The maximum absolute atomic E-state index is 8.84. The number of rotatable bonds is 4. The van der Waals surface area contributed by atoms with Gasteiger partial charge in [0.1, 0.15) is 0 Å². The highest BCUT2D eigenvalue weighted by molar-refractivity contribution is 5.98. The number of hydrogen-bond donors (Lipinski definition) is 3. The summed E-state index contributed by atoms with van der Waals surface area (Å²) in [5.41, 5.74) is 3.98. The lowest BCUT2D eigenvalue weighted by Crippen LogP contribution is -2.60. The van der Waals surface area contributed by atoms with Crippen LogP contribution >= 0.6 is 0 Å². The van der Waals surface area contributed by atoms with Gasteiger partial charge >= 0.3 is 0 Å². The van der Waals surface area contributed by atoms with E-state index < -0.39 is 0 Å². The predicted octanol–water partition coefficient (Wildman–Crippen LogP) is 4.88. The van der Waals surface area contributed by atoms with Gasteiger partial charge in [-0.25, -0.2) is 9.97 Å². The van der Waals surface area contributed by atoms with Crippen LogP contribution in [0.15, 0.2) is 42.7 Å². The van der Waals surface area contributed by atoms with Crippen LogP contribution in [0.2, 0.25) is 0 Å². The SMILES string of the molecule is CC1(C)CC(Nc2nccc(-c3c[nH]c4c(C=CC#N)cccc34)n2)CC(C)(C)N1. The van der Waals surface area contributed by atoms with E-state index in [1.165, 1.54) is 6.08 Å². The lowest BCUT2D eigenvalue weighted by Gasteiger charge is -2.46. The van der Waals surface area contributed by atoms with Gasteiger partial charge < -0.3 is 15.6 Å². The third kappa shape index (κ3) is 4.22. The van der Waals surface area contributed by atoms with Crippen molar-refractivity contribution in [2.75, 3.05) is 5.32 Å². The highest BCUT2D eigenvalue weighted by atomic mass is 15.1. The Morgan fingerprint density at radius 3 is 2.67 bits per heavy atom. The van der Waals surface area contributed by atoms with Crippen LogP contribution in [0.4, 0.5) is 5.95 Å². The van der Waals surface area contributed by atoms with Crippen molar-refractivity contribution in [2.24, 2.45) is 0 Å². The van der Waals surface area contributed by atoms with Crippen LogP contribution in [0.5, 0.6) is 0 Å². The fraction of sp³-hybridized carbons (Fsp3) is 0.375. The molecule has 0 unspecified atom stereocenters. The zero-order valence-corrected chi connectivity index (χ0v) is 18.0. The van der Waals surface area contributed by atoms with Gasteiger partial charge in [-0.2, -0.15) is 5.26 Å². The minimum Gasteiger partial charge on any atom is -0.360 e. The number of anilines is 1. The molecular weight excluding hydrogens is 372 g/mol. The van der Waals surface area contributed by atoms with Gasteiger partial charge in [-0.05, 0) is 58.2 Å². The minimum atomic E-state index is 0.0568. The smallest absolute Gasteiger partial charge is 0.223 e. The van der Waals surface area contributed by atoms with Crippen LogP contribution < -0.4 is 10.6 Å². The van der Waals surface area contributed by atoms with Gasteiger partial charge in [0.15, 0.2) is 0 Å². The van der Waals surface area contributed by atoms with Gasteiger partial charge in [0.05, 0.1) is 17.3 Å². The first-order valence-electron chi connectivity index (χ1n) is 10.3. The Kier molecular flexibility index (Phi) is 5.08. The molecule has 154 valence electrons. The number of aromatic nitrogens is 3. The molecule has 4 rings (SSSR count). The average Bonchev–Trinajstić information content (AvgIpc) is 3.08. The summed E-state index contributed by atoms with van der Waals surface area (Å²) in [6, 6.07) is 10.3. The molecule has 1 aromatic carbocycles. The monoisotopic (exact) mass is 400 g/mol. The van der Waals surface area contributed by atoms with Crippen molar-refractivity contribution in [3.8, 4) is 17.3 Å². The molecule has 6 heteroatoms. The van der Waals surface area contributed by atoms with E-state index in [9.17, 15) is 0 Å². The molecule has 1 aliphatic heterocycles. The second-order valence-corrected chi connectivity index (χ2v) is 9.34. The molecule has 0 aliphatic carbocycles.